The van der Waals surface area contributed by atoms with Crippen LogP contribution in [0.5, 0.6) is 5.75 Å². The average molecular weight is 573 g/mol. The molecule has 0 spiro atoms. The van der Waals surface area contributed by atoms with E-state index < -0.39 is 10.0 Å². The predicted octanol–water partition coefficient (Wildman–Crippen LogP) is 4.03. The molecule has 0 atom stereocenters. The first kappa shape index (κ1) is 26.0. The quantitative estimate of drug-likeness (QED) is 0.269. The van der Waals surface area contributed by atoms with E-state index in [2.05, 4.69) is 10.3 Å². The largest absolute Gasteiger partial charge is 0.495 e. The SMILES string of the molecule is CCN(CC)S(=O)(=O)c1ccc(CCN=C(N)Nc2ccc(OC)c(Cl)c2)s1.I. The molecule has 11 heteroatoms. The maximum absolute atomic E-state index is 12.5. The molecular formula is C18H26ClIN4O3S2. The maximum atomic E-state index is 12.5. The van der Waals surface area contributed by atoms with Gasteiger partial charge in [-0.05, 0) is 30.3 Å². The Morgan fingerprint density at radius 1 is 1.28 bits per heavy atom. The number of aliphatic imine (C=N–C) groups is 1. The Bertz CT molecular complexity index is 931. The number of rotatable bonds is 9. The van der Waals surface area contributed by atoms with Crippen molar-refractivity contribution < 1.29 is 13.2 Å². The molecule has 1 heterocycles. The van der Waals surface area contributed by atoms with Gasteiger partial charge in [0.15, 0.2) is 5.96 Å². The van der Waals surface area contributed by atoms with Crippen molar-refractivity contribution >= 4 is 68.6 Å². The molecule has 3 N–H and O–H groups in total. The molecule has 2 aromatic rings. The van der Waals surface area contributed by atoms with Gasteiger partial charge in [-0.2, -0.15) is 4.31 Å². The van der Waals surface area contributed by atoms with Crippen LogP contribution in [0, 0.1) is 0 Å². The number of benzene rings is 1. The average Bonchev–Trinajstić information content (AvgIpc) is 3.12. The van der Waals surface area contributed by atoms with Crippen LogP contribution in [0.4, 0.5) is 5.69 Å². The zero-order chi connectivity index (χ0) is 20.7. The second-order valence-corrected chi connectivity index (χ2v) is 9.54. The van der Waals surface area contributed by atoms with Crippen molar-refractivity contribution in [2.24, 2.45) is 10.7 Å². The van der Waals surface area contributed by atoms with Crippen LogP contribution in [-0.2, 0) is 16.4 Å². The number of nitrogens with zero attached hydrogens (tertiary/aromatic N) is 2. The Kier molecular flexibility index (Phi) is 10.7. The van der Waals surface area contributed by atoms with E-state index in [-0.39, 0.29) is 29.9 Å². The van der Waals surface area contributed by atoms with Gasteiger partial charge in [-0.25, -0.2) is 8.42 Å². The summed E-state index contributed by atoms with van der Waals surface area (Å²) in [7, 11) is -1.87. The molecule has 0 saturated heterocycles. The minimum atomic E-state index is -3.42. The Hall–Kier alpha value is -1.08. The molecule has 2 rings (SSSR count). The molecule has 1 aromatic heterocycles. The van der Waals surface area contributed by atoms with E-state index in [0.717, 1.165) is 4.88 Å². The lowest BCUT2D eigenvalue weighted by molar-refractivity contribution is 0.415. The molecule has 0 aliphatic rings. The van der Waals surface area contributed by atoms with Gasteiger partial charge in [-0.15, -0.1) is 35.3 Å². The van der Waals surface area contributed by atoms with Gasteiger partial charge in [-0.1, -0.05) is 25.4 Å². The molecule has 0 unspecified atom stereocenters. The van der Waals surface area contributed by atoms with Gasteiger partial charge in [0.1, 0.15) is 9.96 Å². The highest BCUT2D eigenvalue weighted by Crippen LogP contribution is 2.27. The lowest BCUT2D eigenvalue weighted by Crippen LogP contribution is -2.29. The van der Waals surface area contributed by atoms with Gasteiger partial charge in [-0.3, -0.25) is 4.99 Å². The Balaban J connectivity index is 0.00000420. The number of anilines is 1. The van der Waals surface area contributed by atoms with Crippen molar-refractivity contribution in [3.63, 3.8) is 0 Å². The Morgan fingerprint density at radius 3 is 2.55 bits per heavy atom. The molecule has 162 valence electrons. The molecule has 0 saturated carbocycles. The maximum Gasteiger partial charge on any atom is 0.252 e. The van der Waals surface area contributed by atoms with Gasteiger partial charge >= 0.3 is 0 Å². The van der Waals surface area contributed by atoms with E-state index in [1.165, 1.54) is 15.6 Å². The van der Waals surface area contributed by atoms with Gasteiger partial charge in [0.05, 0.1) is 12.1 Å². The third kappa shape index (κ3) is 6.99. The molecule has 0 amide bonds. The molecule has 1 aromatic carbocycles. The summed E-state index contributed by atoms with van der Waals surface area (Å²) in [6.07, 6.45) is 0.601. The van der Waals surface area contributed by atoms with Crippen LogP contribution in [0.3, 0.4) is 0 Å². The number of ether oxygens (including phenoxy) is 1. The first-order chi connectivity index (χ1) is 13.3. The van der Waals surface area contributed by atoms with E-state index in [1.54, 1.807) is 31.4 Å². The fourth-order valence-corrected chi connectivity index (χ4v) is 5.75. The molecule has 0 aliphatic heterocycles. The Morgan fingerprint density at radius 2 is 1.97 bits per heavy atom. The molecule has 0 radical (unpaired) electrons. The van der Waals surface area contributed by atoms with E-state index >= 15 is 0 Å². The Labute approximate surface area is 198 Å². The van der Waals surface area contributed by atoms with E-state index in [1.807, 2.05) is 19.9 Å². The summed E-state index contributed by atoms with van der Waals surface area (Å²) in [4.78, 5) is 5.22. The molecular weight excluding hydrogens is 547 g/mol. The van der Waals surface area contributed by atoms with Crippen LogP contribution < -0.4 is 15.8 Å². The third-order valence-corrected chi connectivity index (χ3v) is 7.96. The van der Waals surface area contributed by atoms with Gasteiger partial charge < -0.3 is 15.8 Å². The monoisotopic (exact) mass is 572 g/mol. The van der Waals surface area contributed by atoms with Crippen molar-refractivity contribution in [1.29, 1.82) is 0 Å². The number of thiophene rings is 1. The van der Waals surface area contributed by atoms with Crippen LogP contribution in [0.15, 0.2) is 39.5 Å². The van der Waals surface area contributed by atoms with E-state index in [4.69, 9.17) is 22.1 Å². The minimum absolute atomic E-state index is 0. The standard InChI is InChI=1S/C18H25ClN4O3S2.HI/c1-4-23(5-2)28(24,25)17-9-7-14(27-17)10-11-21-18(20)22-13-6-8-16(26-3)15(19)12-13;/h6-9,12H,4-5,10-11H2,1-3H3,(H3,20,21,22);1H. The second-order valence-electron chi connectivity index (χ2n) is 5.80. The van der Waals surface area contributed by atoms with Crippen LogP contribution in [-0.4, -0.2) is 45.4 Å². The summed E-state index contributed by atoms with van der Waals surface area (Å²) in [5.74, 6) is 0.838. The summed E-state index contributed by atoms with van der Waals surface area (Å²) < 4.78 is 32.0. The third-order valence-electron chi connectivity index (χ3n) is 4.00. The van der Waals surface area contributed by atoms with Crippen LogP contribution in [0.25, 0.3) is 0 Å². The van der Waals surface area contributed by atoms with Crippen molar-refractivity contribution in [2.75, 3.05) is 32.1 Å². The molecule has 7 nitrogen and oxygen atoms in total. The van der Waals surface area contributed by atoms with Crippen molar-refractivity contribution in [1.82, 2.24) is 4.31 Å². The van der Waals surface area contributed by atoms with Crippen LogP contribution in [0.2, 0.25) is 5.02 Å². The van der Waals surface area contributed by atoms with Crippen LogP contribution in [0.1, 0.15) is 18.7 Å². The zero-order valence-corrected chi connectivity index (χ0v) is 21.2. The number of hydrogen-bond acceptors (Lipinski definition) is 5. The number of nitrogens with two attached hydrogens (primary N) is 1. The molecule has 0 bridgehead atoms. The number of hydrogen-bond donors (Lipinski definition) is 2. The molecule has 0 fully saturated rings. The number of nitrogens with one attached hydrogen (secondary N) is 1. The zero-order valence-electron chi connectivity index (χ0n) is 16.5. The number of halogens is 2. The highest BCUT2D eigenvalue weighted by Gasteiger charge is 2.23. The highest BCUT2D eigenvalue weighted by atomic mass is 127. The fraction of sp³-hybridized carbons (Fsp3) is 0.389. The van der Waals surface area contributed by atoms with Gasteiger partial charge in [0, 0.05) is 36.6 Å². The lowest BCUT2D eigenvalue weighted by Gasteiger charge is -2.16. The topological polar surface area (TPSA) is 97.0 Å². The van der Waals surface area contributed by atoms with Crippen LogP contribution >= 0.6 is 46.9 Å². The molecule has 29 heavy (non-hydrogen) atoms. The van der Waals surface area contributed by atoms with E-state index in [9.17, 15) is 8.42 Å². The summed E-state index contributed by atoms with van der Waals surface area (Å²) in [5, 5.41) is 3.44. The number of sulfonamides is 1. The summed E-state index contributed by atoms with van der Waals surface area (Å²) in [5.41, 5.74) is 6.61. The van der Waals surface area contributed by atoms with Crippen molar-refractivity contribution in [3.05, 3.63) is 40.2 Å². The van der Waals surface area contributed by atoms with Gasteiger partial charge in [0.25, 0.3) is 10.0 Å². The summed E-state index contributed by atoms with van der Waals surface area (Å²) >= 11 is 7.35. The summed E-state index contributed by atoms with van der Waals surface area (Å²) in [6.45, 7) is 5.00. The smallest absolute Gasteiger partial charge is 0.252 e. The first-order valence-corrected chi connectivity index (χ1v) is 11.4. The first-order valence-electron chi connectivity index (χ1n) is 8.81. The number of guanidine groups is 1. The predicted molar refractivity (Wildman–Crippen MR) is 132 cm³/mol. The number of methoxy groups -OCH3 is 1. The second kappa shape index (κ2) is 11.9. The normalized spacial score (nSPS) is 12.0. The van der Waals surface area contributed by atoms with Crippen molar-refractivity contribution in [2.45, 2.75) is 24.5 Å². The molecule has 0 aliphatic carbocycles. The van der Waals surface area contributed by atoms with Crippen molar-refractivity contribution in [3.8, 4) is 5.75 Å². The minimum Gasteiger partial charge on any atom is -0.495 e. The summed E-state index contributed by atoms with van der Waals surface area (Å²) in [6, 6.07) is 8.70. The van der Waals surface area contributed by atoms with Gasteiger partial charge in [0.2, 0.25) is 0 Å². The van der Waals surface area contributed by atoms with E-state index in [0.29, 0.717) is 46.7 Å². The highest BCUT2D eigenvalue weighted by molar-refractivity contribution is 14.0. The lowest BCUT2D eigenvalue weighted by atomic mass is 10.3. The fourth-order valence-electron chi connectivity index (χ4n) is 2.54.